The van der Waals surface area contributed by atoms with Gasteiger partial charge in [-0.2, -0.15) is 0 Å². The number of aromatic amines is 1. The van der Waals surface area contributed by atoms with Crippen molar-refractivity contribution >= 4 is 0 Å². The predicted molar refractivity (Wildman–Crippen MR) is 49.9 cm³/mol. The van der Waals surface area contributed by atoms with E-state index in [1.54, 1.807) is 6.33 Å². The van der Waals surface area contributed by atoms with Gasteiger partial charge in [0.2, 0.25) is 0 Å². The number of rotatable bonds is 3. The second kappa shape index (κ2) is 3.27. The quantitative estimate of drug-likeness (QED) is 0.714. The van der Waals surface area contributed by atoms with E-state index in [4.69, 9.17) is 5.73 Å². The first-order chi connectivity index (χ1) is 5.49. The van der Waals surface area contributed by atoms with E-state index in [0.717, 1.165) is 24.2 Å². The minimum absolute atomic E-state index is 0.0919. The lowest BCUT2D eigenvalue weighted by atomic mass is 9.98. The van der Waals surface area contributed by atoms with Gasteiger partial charge >= 0.3 is 0 Å². The maximum atomic E-state index is 5.86. The van der Waals surface area contributed by atoms with Gasteiger partial charge in [-0.15, -0.1) is 0 Å². The van der Waals surface area contributed by atoms with E-state index < -0.39 is 0 Å². The molecule has 3 N–H and O–H groups in total. The monoisotopic (exact) mass is 167 g/mol. The first-order valence-corrected chi connectivity index (χ1v) is 4.27. The van der Waals surface area contributed by atoms with Crippen molar-refractivity contribution in [2.24, 2.45) is 5.73 Å². The number of aryl methyl sites for hydroxylation is 2. The van der Waals surface area contributed by atoms with E-state index in [1.165, 1.54) is 0 Å². The van der Waals surface area contributed by atoms with E-state index >= 15 is 0 Å². The molecule has 0 atom stereocenters. The Balaban J connectivity index is 2.49. The molecule has 0 bridgehead atoms. The molecule has 68 valence electrons. The van der Waals surface area contributed by atoms with Gasteiger partial charge in [-0.3, -0.25) is 0 Å². The highest BCUT2D eigenvalue weighted by atomic mass is 14.9. The number of nitrogens with zero attached hydrogens (tertiary/aromatic N) is 1. The van der Waals surface area contributed by atoms with Crippen LogP contribution >= 0.6 is 0 Å². The maximum absolute atomic E-state index is 5.86. The number of hydrogen-bond donors (Lipinski definition) is 2. The molecule has 1 rings (SSSR count). The number of nitrogens with two attached hydrogens (primary N) is 1. The largest absolute Gasteiger partial charge is 0.348 e. The molecular formula is C9H17N3. The minimum atomic E-state index is -0.0919. The van der Waals surface area contributed by atoms with Crippen molar-refractivity contribution in [3.8, 4) is 0 Å². The lowest BCUT2D eigenvalue weighted by molar-refractivity contribution is 0.474. The molecule has 0 saturated carbocycles. The number of aromatic nitrogens is 2. The summed E-state index contributed by atoms with van der Waals surface area (Å²) in [6, 6.07) is 0. The molecule has 0 radical (unpaired) electrons. The molecule has 1 heterocycles. The third kappa shape index (κ3) is 2.66. The van der Waals surface area contributed by atoms with Gasteiger partial charge < -0.3 is 10.7 Å². The highest BCUT2D eigenvalue weighted by molar-refractivity contribution is 5.09. The van der Waals surface area contributed by atoms with Crippen LogP contribution in [0.3, 0.4) is 0 Å². The van der Waals surface area contributed by atoms with Gasteiger partial charge in [0.15, 0.2) is 0 Å². The first kappa shape index (κ1) is 9.26. The third-order valence-electron chi connectivity index (χ3n) is 1.94. The van der Waals surface area contributed by atoms with Crippen molar-refractivity contribution in [2.45, 2.75) is 39.2 Å². The number of hydrogen-bond acceptors (Lipinski definition) is 2. The molecule has 0 saturated heterocycles. The van der Waals surface area contributed by atoms with Crippen LogP contribution in [-0.2, 0) is 6.42 Å². The summed E-state index contributed by atoms with van der Waals surface area (Å²) in [5.74, 6) is 0. The molecular weight excluding hydrogens is 150 g/mol. The van der Waals surface area contributed by atoms with E-state index in [0.29, 0.717) is 0 Å². The van der Waals surface area contributed by atoms with Crippen LogP contribution in [0.25, 0.3) is 0 Å². The van der Waals surface area contributed by atoms with Crippen molar-refractivity contribution in [1.29, 1.82) is 0 Å². The van der Waals surface area contributed by atoms with E-state index in [9.17, 15) is 0 Å². The van der Waals surface area contributed by atoms with Gasteiger partial charge in [-0.05, 0) is 33.6 Å². The third-order valence-corrected chi connectivity index (χ3v) is 1.94. The van der Waals surface area contributed by atoms with Crippen molar-refractivity contribution in [1.82, 2.24) is 9.97 Å². The Morgan fingerprint density at radius 3 is 2.67 bits per heavy atom. The van der Waals surface area contributed by atoms with Crippen LogP contribution in [0.15, 0.2) is 6.33 Å². The average molecular weight is 167 g/mol. The Morgan fingerprint density at radius 2 is 2.25 bits per heavy atom. The van der Waals surface area contributed by atoms with E-state index in [-0.39, 0.29) is 5.54 Å². The van der Waals surface area contributed by atoms with Crippen molar-refractivity contribution in [2.75, 3.05) is 0 Å². The highest BCUT2D eigenvalue weighted by Crippen LogP contribution is 2.10. The summed E-state index contributed by atoms with van der Waals surface area (Å²) in [5, 5.41) is 0. The molecule has 12 heavy (non-hydrogen) atoms. The summed E-state index contributed by atoms with van der Waals surface area (Å²) in [6.07, 6.45) is 3.66. The van der Waals surface area contributed by atoms with Crippen molar-refractivity contribution in [3.05, 3.63) is 17.7 Å². The van der Waals surface area contributed by atoms with Crippen LogP contribution in [0.5, 0.6) is 0 Å². The zero-order chi connectivity index (χ0) is 9.19. The van der Waals surface area contributed by atoms with Gasteiger partial charge in [0, 0.05) is 11.2 Å². The fraction of sp³-hybridized carbons (Fsp3) is 0.667. The standard InChI is InChI=1S/C9H17N3/c1-7-8(12-6-11-7)4-5-9(2,3)10/h6H,4-5,10H2,1-3H3,(H,11,12). The van der Waals surface area contributed by atoms with Crippen molar-refractivity contribution in [3.63, 3.8) is 0 Å². The van der Waals surface area contributed by atoms with Gasteiger partial charge in [-0.25, -0.2) is 4.98 Å². The summed E-state index contributed by atoms with van der Waals surface area (Å²) in [4.78, 5) is 7.26. The van der Waals surface area contributed by atoms with E-state index in [1.807, 2.05) is 20.8 Å². The maximum Gasteiger partial charge on any atom is 0.0925 e. The first-order valence-electron chi connectivity index (χ1n) is 4.27. The Labute approximate surface area is 73.4 Å². The predicted octanol–water partition coefficient (Wildman–Crippen LogP) is 1.39. The topological polar surface area (TPSA) is 54.7 Å². The second-order valence-electron chi connectivity index (χ2n) is 3.96. The summed E-state index contributed by atoms with van der Waals surface area (Å²) < 4.78 is 0. The zero-order valence-corrected chi connectivity index (χ0v) is 8.02. The molecule has 0 aliphatic heterocycles. The molecule has 1 aromatic rings. The highest BCUT2D eigenvalue weighted by Gasteiger charge is 2.11. The Morgan fingerprint density at radius 1 is 1.58 bits per heavy atom. The molecule has 3 nitrogen and oxygen atoms in total. The number of nitrogens with one attached hydrogen (secondary N) is 1. The lowest BCUT2D eigenvalue weighted by Crippen LogP contribution is -2.32. The Kier molecular flexibility index (Phi) is 2.52. The van der Waals surface area contributed by atoms with Gasteiger partial charge in [-0.1, -0.05) is 0 Å². The summed E-state index contributed by atoms with van der Waals surface area (Å²) in [5.41, 5.74) is 8.06. The summed E-state index contributed by atoms with van der Waals surface area (Å²) in [6.45, 7) is 6.11. The fourth-order valence-electron chi connectivity index (χ4n) is 1.08. The summed E-state index contributed by atoms with van der Waals surface area (Å²) >= 11 is 0. The van der Waals surface area contributed by atoms with Crippen LogP contribution in [-0.4, -0.2) is 15.5 Å². The SMILES string of the molecule is Cc1[nH]cnc1CCC(C)(C)N. The van der Waals surface area contributed by atoms with Crippen LogP contribution < -0.4 is 5.73 Å². The molecule has 0 unspecified atom stereocenters. The molecule has 0 spiro atoms. The average Bonchev–Trinajstić information content (AvgIpc) is 2.29. The molecule has 0 aliphatic rings. The normalized spacial score (nSPS) is 12.0. The summed E-state index contributed by atoms with van der Waals surface area (Å²) in [7, 11) is 0. The van der Waals surface area contributed by atoms with Crippen LogP contribution in [0.4, 0.5) is 0 Å². The second-order valence-corrected chi connectivity index (χ2v) is 3.96. The number of imidazole rings is 1. The van der Waals surface area contributed by atoms with Crippen LogP contribution in [0.1, 0.15) is 31.7 Å². The van der Waals surface area contributed by atoms with E-state index in [2.05, 4.69) is 9.97 Å². The molecule has 3 heteroatoms. The van der Waals surface area contributed by atoms with Crippen LogP contribution in [0, 0.1) is 6.92 Å². The smallest absolute Gasteiger partial charge is 0.0925 e. The zero-order valence-electron chi connectivity index (χ0n) is 8.02. The molecule has 1 aromatic heterocycles. The Bertz CT molecular complexity index is 245. The number of H-pyrrole nitrogens is 1. The Hall–Kier alpha value is -0.830. The lowest BCUT2D eigenvalue weighted by Gasteiger charge is -2.17. The van der Waals surface area contributed by atoms with Crippen LogP contribution in [0.2, 0.25) is 0 Å². The molecule has 0 aromatic carbocycles. The fourth-order valence-corrected chi connectivity index (χ4v) is 1.08. The minimum Gasteiger partial charge on any atom is -0.348 e. The molecule has 0 amide bonds. The molecule has 0 fully saturated rings. The molecule has 0 aliphatic carbocycles. The van der Waals surface area contributed by atoms with Crippen molar-refractivity contribution < 1.29 is 0 Å². The van der Waals surface area contributed by atoms with Gasteiger partial charge in [0.1, 0.15) is 0 Å². The van der Waals surface area contributed by atoms with Gasteiger partial charge in [0.05, 0.1) is 12.0 Å². The van der Waals surface area contributed by atoms with Gasteiger partial charge in [0.25, 0.3) is 0 Å².